The molecule has 3 nitrogen and oxygen atoms in total. The van der Waals surface area contributed by atoms with Crippen LogP contribution in [0.5, 0.6) is 0 Å². The SMILES string of the molecule is CCC(C)(C)C=C(C)C(=O)O.Cl.N. The Balaban J connectivity index is -0.000000500. The van der Waals surface area contributed by atoms with E-state index in [1.54, 1.807) is 13.0 Å². The van der Waals surface area contributed by atoms with Gasteiger partial charge in [-0.15, -0.1) is 12.4 Å². The van der Waals surface area contributed by atoms with Gasteiger partial charge in [0, 0.05) is 5.57 Å². The molecule has 0 aliphatic rings. The fraction of sp³-hybridized carbons (Fsp3) is 0.667. The molecule has 0 saturated heterocycles. The molecule has 0 aliphatic heterocycles. The second-order valence-electron chi connectivity index (χ2n) is 3.47. The van der Waals surface area contributed by atoms with Gasteiger partial charge in [-0.25, -0.2) is 4.79 Å². The molecule has 0 aromatic heterocycles. The maximum atomic E-state index is 10.4. The van der Waals surface area contributed by atoms with Gasteiger partial charge in [-0.3, -0.25) is 0 Å². The third-order valence-corrected chi connectivity index (χ3v) is 1.86. The molecular weight excluding hydrogens is 190 g/mol. The van der Waals surface area contributed by atoms with Crippen molar-refractivity contribution in [2.45, 2.75) is 34.1 Å². The summed E-state index contributed by atoms with van der Waals surface area (Å²) in [5.74, 6) is -0.827. The van der Waals surface area contributed by atoms with Crippen LogP contribution >= 0.6 is 12.4 Å². The highest BCUT2D eigenvalue weighted by Crippen LogP contribution is 2.22. The summed E-state index contributed by atoms with van der Waals surface area (Å²) in [4.78, 5) is 10.4. The van der Waals surface area contributed by atoms with Crippen molar-refractivity contribution in [3.8, 4) is 0 Å². The van der Waals surface area contributed by atoms with Crippen LogP contribution in [-0.4, -0.2) is 11.1 Å². The van der Waals surface area contributed by atoms with E-state index in [-0.39, 0.29) is 24.0 Å². The first-order valence-electron chi connectivity index (χ1n) is 3.82. The lowest BCUT2D eigenvalue weighted by molar-refractivity contribution is -0.132. The summed E-state index contributed by atoms with van der Waals surface area (Å²) in [5, 5.41) is 8.57. The lowest BCUT2D eigenvalue weighted by Gasteiger charge is -2.17. The second-order valence-corrected chi connectivity index (χ2v) is 3.47. The molecule has 4 N–H and O–H groups in total. The van der Waals surface area contributed by atoms with E-state index in [1.165, 1.54) is 0 Å². The quantitative estimate of drug-likeness (QED) is 0.702. The predicted octanol–water partition coefficient (Wildman–Crippen LogP) is 3.04. The minimum atomic E-state index is -0.827. The molecule has 13 heavy (non-hydrogen) atoms. The molecule has 0 amide bonds. The summed E-state index contributed by atoms with van der Waals surface area (Å²) in [6.07, 6.45) is 2.76. The molecular formula is C9H20ClNO2. The van der Waals surface area contributed by atoms with E-state index in [1.807, 2.05) is 20.8 Å². The topological polar surface area (TPSA) is 72.3 Å². The molecule has 4 heteroatoms. The average molecular weight is 210 g/mol. The average Bonchev–Trinajstić information content (AvgIpc) is 1.87. The van der Waals surface area contributed by atoms with Crippen LogP contribution in [-0.2, 0) is 4.79 Å². The highest BCUT2D eigenvalue weighted by molar-refractivity contribution is 5.86. The van der Waals surface area contributed by atoms with Gasteiger partial charge in [0.15, 0.2) is 0 Å². The third kappa shape index (κ3) is 7.81. The van der Waals surface area contributed by atoms with Crippen molar-refractivity contribution in [3.05, 3.63) is 11.6 Å². The van der Waals surface area contributed by atoms with Crippen molar-refractivity contribution in [1.29, 1.82) is 0 Å². The van der Waals surface area contributed by atoms with E-state index in [4.69, 9.17) is 5.11 Å². The highest BCUT2D eigenvalue weighted by atomic mass is 35.5. The number of allylic oxidation sites excluding steroid dienone is 1. The van der Waals surface area contributed by atoms with Gasteiger partial charge < -0.3 is 11.3 Å². The number of carboxylic acids is 1. The predicted molar refractivity (Wildman–Crippen MR) is 57.7 cm³/mol. The molecule has 0 atom stereocenters. The second kappa shape index (κ2) is 6.92. The summed E-state index contributed by atoms with van der Waals surface area (Å²) >= 11 is 0. The number of halogens is 1. The minimum Gasteiger partial charge on any atom is -0.478 e. The zero-order chi connectivity index (χ0) is 9.07. The Morgan fingerprint density at radius 2 is 1.85 bits per heavy atom. The molecule has 0 aromatic carbocycles. The van der Waals surface area contributed by atoms with Crippen LogP contribution in [0.25, 0.3) is 0 Å². The largest absolute Gasteiger partial charge is 0.478 e. The molecule has 0 fully saturated rings. The Hall–Kier alpha value is -0.540. The van der Waals surface area contributed by atoms with Gasteiger partial charge >= 0.3 is 5.97 Å². The van der Waals surface area contributed by atoms with Crippen LogP contribution in [0.15, 0.2) is 11.6 Å². The number of aliphatic carboxylic acids is 1. The van der Waals surface area contributed by atoms with Gasteiger partial charge in [0.25, 0.3) is 0 Å². The maximum Gasteiger partial charge on any atom is 0.330 e. The standard InChI is InChI=1S/C9H16O2.ClH.H3N/c1-5-9(3,4)6-7(2)8(10)11;;/h6H,5H2,1-4H3,(H,10,11);1H;1H3. The maximum absolute atomic E-state index is 10.4. The molecule has 0 aliphatic carbocycles. The van der Waals surface area contributed by atoms with Gasteiger partial charge in [0.05, 0.1) is 0 Å². The summed E-state index contributed by atoms with van der Waals surface area (Å²) in [6.45, 7) is 7.73. The molecule has 0 radical (unpaired) electrons. The van der Waals surface area contributed by atoms with Crippen molar-refractivity contribution in [2.75, 3.05) is 0 Å². The third-order valence-electron chi connectivity index (χ3n) is 1.86. The van der Waals surface area contributed by atoms with Crippen molar-refractivity contribution >= 4 is 18.4 Å². The number of hydrogen-bond donors (Lipinski definition) is 2. The van der Waals surface area contributed by atoms with Gasteiger partial charge in [-0.1, -0.05) is 26.8 Å². The smallest absolute Gasteiger partial charge is 0.330 e. The van der Waals surface area contributed by atoms with Gasteiger partial charge in [-0.2, -0.15) is 0 Å². The number of carboxylic acid groups (broad SMARTS) is 1. The van der Waals surface area contributed by atoms with Crippen molar-refractivity contribution in [3.63, 3.8) is 0 Å². The van der Waals surface area contributed by atoms with Crippen LogP contribution in [0.3, 0.4) is 0 Å². The van der Waals surface area contributed by atoms with Gasteiger partial charge in [0.1, 0.15) is 0 Å². The summed E-state index contributed by atoms with van der Waals surface area (Å²) in [5.41, 5.74) is 0.430. The Bertz CT molecular complexity index is 188. The molecule has 0 saturated carbocycles. The zero-order valence-corrected chi connectivity index (χ0v) is 9.57. The molecule has 0 bridgehead atoms. The zero-order valence-electron chi connectivity index (χ0n) is 8.76. The lowest BCUT2D eigenvalue weighted by Crippen LogP contribution is -2.08. The van der Waals surface area contributed by atoms with Crippen LogP contribution in [0.2, 0.25) is 0 Å². The molecule has 0 spiro atoms. The Kier molecular flexibility index (Phi) is 9.73. The van der Waals surface area contributed by atoms with E-state index in [0.717, 1.165) is 6.42 Å². The monoisotopic (exact) mass is 209 g/mol. The first-order chi connectivity index (χ1) is 4.89. The van der Waals surface area contributed by atoms with Crippen molar-refractivity contribution < 1.29 is 9.90 Å². The fourth-order valence-corrected chi connectivity index (χ4v) is 0.750. The molecule has 0 unspecified atom stereocenters. The number of carbonyl (C=O) groups is 1. The lowest BCUT2D eigenvalue weighted by atomic mass is 9.88. The van der Waals surface area contributed by atoms with E-state index in [9.17, 15) is 4.79 Å². The first kappa shape index (κ1) is 18.3. The summed E-state index contributed by atoms with van der Waals surface area (Å²) < 4.78 is 0. The van der Waals surface area contributed by atoms with Gasteiger partial charge in [-0.05, 0) is 18.8 Å². The van der Waals surface area contributed by atoms with Crippen LogP contribution in [0.4, 0.5) is 0 Å². The van der Waals surface area contributed by atoms with E-state index < -0.39 is 5.97 Å². The Morgan fingerprint density at radius 3 is 2.08 bits per heavy atom. The Morgan fingerprint density at radius 1 is 1.46 bits per heavy atom. The number of hydrogen-bond acceptors (Lipinski definition) is 2. The number of rotatable bonds is 3. The fourth-order valence-electron chi connectivity index (χ4n) is 0.750. The Labute approximate surface area is 86.2 Å². The van der Waals surface area contributed by atoms with E-state index in [0.29, 0.717) is 5.57 Å². The summed E-state index contributed by atoms with van der Waals surface area (Å²) in [7, 11) is 0. The molecule has 0 aromatic rings. The van der Waals surface area contributed by atoms with E-state index >= 15 is 0 Å². The molecule has 0 rings (SSSR count). The highest BCUT2D eigenvalue weighted by Gasteiger charge is 2.13. The normalized spacial score (nSPS) is 11.2. The first-order valence-corrected chi connectivity index (χ1v) is 3.82. The van der Waals surface area contributed by atoms with Crippen molar-refractivity contribution in [2.24, 2.45) is 5.41 Å². The van der Waals surface area contributed by atoms with Crippen LogP contribution in [0, 0.1) is 5.41 Å². The van der Waals surface area contributed by atoms with E-state index in [2.05, 4.69) is 0 Å². The summed E-state index contributed by atoms with van der Waals surface area (Å²) in [6, 6.07) is 0. The van der Waals surface area contributed by atoms with Crippen LogP contribution in [0.1, 0.15) is 34.1 Å². The minimum absolute atomic E-state index is 0. The van der Waals surface area contributed by atoms with Gasteiger partial charge in [0.2, 0.25) is 0 Å². The molecule has 80 valence electrons. The molecule has 0 heterocycles. The van der Waals surface area contributed by atoms with Crippen LogP contribution < -0.4 is 6.15 Å². The van der Waals surface area contributed by atoms with Crippen molar-refractivity contribution in [1.82, 2.24) is 6.15 Å².